The number of rotatable bonds is 3. The van der Waals surface area contributed by atoms with E-state index in [1.54, 1.807) is 30.4 Å². The second-order valence-electron chi connectivity index (χ2n) is 2.50. The molecule has 7 heteroatoms. The number of aryl methyl sites for hydroxylation is 2. The molecule has 13 heavy (non-hydrogen) atoms. The van der Waals surface area contributed by atoms with E-state index in [-0.39, 0.29) is 18.2 Å². The number of hydrogen-bond acceptors (Lipinski definition) is 4. The van der Waals surface area contributed by atoms with E-state index >= 15 is 0 Å². The van der Waals surface area contributed by atoms with E-state index in [0.29, 0.717) is 5.75 Å². The molecule has 0 N–H and O–H groups in total. The fourth-order valence-corrected chi connectivity index (χ4v) is 1.54. The second kappa shape index (κ2) is 5.18. The average Bonchev–Trinajstić information content (AvgIpc) is 2.28. The van der Waals surface area contributed by atoms with E-state index in [2.05, 4.69) is 10.4 Å². The van der Waals surface area contributed by atoms with Crippen molar-refractivity contribution in [3.05, 3.63) is 0 Å². The van der Waals surface area contributed by atoms with Crippen LogP contribution in [0.2, 0.25) is 0 Å². The van der Waals surface area contributed by atoms with Crippen molar-refractivity contribution in [3.63, 3.8) is 0 Å². The number of hydrogen-bond donors (Lipinski definition) is 0. The number of tetrazole rings is 1. The third-order valence-electron chi connectivity index (χ3n) is 1.27. The maximum absolute atomic E-state index is 10.7. The van der Waals surface area contributed by atoms with Gasteiger partial charge in [-0.15, -0.1) is 4.68 Å². The molecule has 0 bridgehead atoms. The van der Waals surface area contributed by atoms with Crippen molar-refractivity contribution in [1.82, 2.24) is 15.1 Å². The molecule has 1 aromatic rings. The minimum Gasteiger partial charge on any atom is -1.00 e. The quantitative estimate of drug-likeness (QED) is 0.391. The van der Waals surface area contributed by atoms with Crippen molar-refractivity contribution in [1.29, 1.82) is 0 Å². The van der Waals surface area contributed by atoms with Crippen molar-refractivity contribution >= 4 is 17.5 Å². The van der Waals surface area contributed by atoms with Crippen molar-refractivity contribution in [2.45, 2.75) is 12.1 Å². The highest BCUT2D eigenvalue weighted by Gasteiger charge is 2.14. The zero-order chi connectivity index (χ0) is 9.14. The third kappa shape index (κ3) is 3.31. The van der Waals surface area contributed by atoms with Gasteiger partial charge in [-0.3, -0.25) is 4.79 Å². The van der Waals surface area contributed by atoms with E-state index in [1.165, 1.54) is 11.8 Å². The van der Waals surface area contributed by atoms with Crippen molar-refractivity contribution < 1.29 is 21.9 Å². The van der Waals surface area contributed by atoms with Gasteiger partial charge in [-0.2, -0.15) is 0 Å². The summed E-state index contributed by atoms with van der Waals surface area (Å²) in [5, 5.41) is 8.46. The van der Waals surface area contributed by atoms with Gasteiger partial charge in [0.15, 0.2) is 5.21 Å². The second-order valence-corrected chi connectivity index (χ2v) is 3.44. The molecule has 0 amide bonds. The first-order valence-corrected chi connectivity index (χ1v) is 4.48. The Morgan fingerprint density at radius 3 is 2.69 bits per heavy atom. The Balaban J connectivity index is 0.00000144. The van der Waals surface area contributed by atoms with E-state index in [0.717, 1.165) is 5.16 Å². The summed E-state index contributed by atoms with van der Waals surface area (Å²) in [4.78, 5) is 10.7. The fourth-order valence-electron chi connectivity index (χ4n) is 0.759. The van der Waals surface area contributed by atoms with Gasteiger partial charge < -0.3 is 12.4 Å². The van der Waals surface area contributed by atoms with Crippen LogP contribution < -0.4 is 17.1 Å². The molecule has 1 heterocycles. The molecule has 0 saturated heterocycles. The van der Waals surface area contributed by atoms with Gasteiger partial charge in [-0.1, -0.05) is 4.68 Å². The normalized spacial score (nSPS) is 9.46. The summed E-state index contributed by atoms with van der Waals surface area (Å²) in [7, 11) is 3.60. The Kier molecular flexibility index (Phi) is 4.94. The van der Waals surface area contributed by atoms with Gasteiger partial charge in [0.1, 0.15) is 11.0 Å². The number of aromatic nitrogens is 4. The predicted octanol–water partition coefficient (Wildman–Crippen LogP) is -3.68. The van der Waals surface area contributed by atoms with E-state index < -0.39 is 0 Å². The molecule has 0 radical (unpaired) electrons. The van der Waals surface area contributed by atoms with Gasteiger partial charge in [-0.25, -0.2) is 0 Å². The van der Waals surface area contributed by atoms with Crippen LogP contribution in [0.5, 0.6) is 0 Å². The summed E-state index contributed by atoms with van der Waals surface area (Å²) < 4.78 is 3.29. The van der Waals surface area contributed by atoms with Crippen LogP contribution in [0.3, 0.4) is 0 Å². The minimum absolute atomic E-state index is 0. The molecule has 0 spiro atoms. The number of carbonyl (C=O) groups is 1. The lowest BCUT2D eigenvalue weighted by Crippen LogP contribution is -3.00. The van der Waals surface area contributed by atoms with Gasteiger partial charge in [-0.05, 0) is 18.7 Å². The van der Waals surface area contributed by atoms with E-state index in [4.69, 9.17) is 0 Å². The lowest BCUT2D eigenvalue weighted by Gasteiger charge is -1.91. The van der Waals surface area contributed by atoms with Crippen LogP contribution in [0.4, 0.5) is 0 Å². The third-order valence-corrected chi connectivity index (χ3v) is 2.60. The van der Waals surface area contributed by atoms with Crippen LogP contribution in [0, 0.1) is 0 Å². The molecule has 0 unspecified atom stereocenters. The van der Waals surface area contributed by atoms with E-state index in [9.17, 15) is 4.79 Å². The number of carbonyl (C=O) groups excluding carboxylic acids is 1. The summed E-state index contributed by atoms with van der Waals surface area (Å²) in [5.41, 5.74) is 0. The monoisotopic (exact) mass is 222 g/mol. The zero-order valence-electron chi connectivity index (χ0n) is 7.69. The van der Waals surface area contributed by atoms with Gasteiger partial charge in [0.25, 0.3) is 0 Å². The SMILES string of the molecule is CC(=O)CSc1n(C)nn[n+]1C.[Cl-]. The predicted molar refractivity (Wildman–Crippen MR) is 43.6 cm³/mol. The summed E-state index contributed by atoms with van der Waals surface area (Å²) in [6, 6.07) is 0. The number of Topliss-reactive ketones (excluding diaryl/α,β-unsaturated/α-hetero) is 1. The Labute approximate surface area is 86.9 Å². The van der Waals surface area contributed by atoms with Crippen molar-refractivity contribution in [2.24, 2.45) is 14.1 Å². The molecule has 0 atom stereocenters. The van der Waals surface area contributed by atoms with Crippen LogP contribution in [-0.4, -0.2) is 26.6 Å². The Morgan fingerprint density at radius 1 is 1.69 bits per heavy atom. The molecule has 0 aliphatic carbocycles. The maximum atomic E-state index is 10.7. The van der Waals surface area contributed by atoms with Crippen LogP contribution in [0.25, 0.3) is 0 Å². The van der Waals surface area contributed by atoms with Crippen molar-refractivity contribution in [3.8, 4) is 0 Å². The lowest BCUT2D eigenvalue weighted by atomic mass is 10.5. The largest absolute Gasteiger partial charge is 1.00 e. The highest BCUT2D eigenvalue weighted by Crippen LogP contribution is 2.09. The molecule has 0 aromatic carbocycles. The Morgan fingerprint density at radius 2 is 2.31 bits per heavy atom. The average molecular weight is 223 g/mol. The van der Waals surface area contributed by atoms with Gasteiger partial charge in [0, 0.05) is 0 Å². The molecule has 0 aliphatic heterocycles. The smallest absolute Gasteiger partial charge is 0.317 e. The molecule has 1 aromatic heterocycles. The fraction of sp³-hybridized carbons (Fsp3) is 0.667. The Hall–Kier alpha value is -0.620. The standard InChI is InChI=1S/C6H11N4OS.ClH/c1-5(11)4-12-6-9(2)7-8-10(6)3;/h4H2,1-3H3;1H/q+1;/p-1. The van der Waals surface area contributed by atoms with Gasteiger partial charge in [0.05, 0.1) is 19.8 Å². The summed E-state index contributed by atoms with van der Waals surface area (Å²) in [6.45, 7) is 1.57. The topological polar surface area (TPSA) is 51.7 Å². The summed E-state index contributed by atoms with van der Waals surface area (Å²) >= 11 is 1.44. The minimum atomic E-state index is 0. The number of halogens is 1. The first kappa shape index (κ1) is 12.4. The molecule has 1 rings (SSSR count). The molecule has 0 saturated carbocycles. The van der Waals surface area contributed by atoms with Gasteiger partial charge in [0.2, 0.25) is 0 Å². The maximum Gasteiger partial charge on any atom is 0.317 e. The number of nitrogens with zero attached hydrogens (tertiary/aromatic N) is 4. The summed E-state index contributed by atoms with van der Waals surface area (Å²) in [6.07, 6.45) is 0. The number of thioether (sulfide) groups is 1. The lowest BCUT2D eigenvalue weighted by molar-refractivity contribution is -0.766. The molecule has 0 fully saturated rings. The van der Waals surface area contributed by atoms with Crippen LogP contribution in [-0.2, 0) is 18.9 Å². The Bertz CT molecular complexity index is 281. The highest BCUT2D eigenvalue weighted by atomic mass is 35.5. The van der Waals surface area contributed by atoms with Crippen LogP contribution in [0.1, 0.15) is 6.92 Å². The molecule has 0 aliphatic rings. The first-order chi connectivity index (χ1) is 5.61. The molecular formula is C6H11ClN4OS. The highest BCUT2D eigenvalue weighted by molar-refractivity contribution is 7.99. The molecular weight excluding hydrogens is 212 g/mol. The van der Waals surface area contributed by atoms with Crippen molar-refractivity contribution in [2.75, 3.05) is 5.75 Å². The first-order valence-electron chi connectivity index (χ1n) is 3.49. The zero-order valence-corrected chi connectivity index (χ0v) is 9.26. The van der Waals surface area contributed by atoms with Crippen LogP contribution in [0.15, 0.2) is 5.16 Å². The van der Waals surface area contributed by atoms with Gasteiger partial charge >= 0.3 is 5.16 Å². The summed E-state index contributed by atoms with van der Waals surface area (Å²) in [5.74, 6) is 0.621. The van der Waals surface area contributed by atoms with Crippen LogP contribution >= 0.6 is 11.8 Å². The number of ketones is 1. The molecule has 74 valence electrons. The van der Waals surface area contributed by atoms with E-state index in [1.807, 2.05) is 0 Å². The molecule has 5 nitrogen and oxygen atoms in total.